The average molecular weight is 503 g/mol. The van der Waals surface area contributed by atoms with Gasteiger partial charge in [0.05, 0.1) is 0 Å². The maximum absolute atomic E-state index is 15.4. The molecule has 3 aromatic rings. The predicted molar refractivity (Wildman–Crippen MR) is 118 cm³/mol. The van der Waals surface area contributed by atoms with Crippen molar-refractivity contribution in [3.05, 3.63) is 97.9 Å². The van der Waals surface area contributed by atoms with Gasteiger partial charge in [-0.05, 0) is 92.2 Å². The summed E-state index contributed by atoms with van der Waals surface area (Å²) < 4.78 is 17.3. The number of carbonyl (C=O) groups excluding carboxylic acids is 1. The van der Waals surface area contributed by atoms with Gasteiger partial charge >= 0.3 is 0 Å². The average Bonchev–Trinajstić information content (AvgIpc) is 3.39. The van der Waals surface area contributed by atoms with Gasteiger partial charge in [0, 0.05) is 26.1 Å². The molecular weight excluding hydrogens is 485 g/mol. The number of aryl methyl sites for hydroxylation is 1. The largest absolute Gasteiger partial charge is 0.322 e. The zero-order chi connectivity index (χ0) is 19.9. The van der Waals surface area contributed by atoms with E-state index in [4.69, 9.17) is 0 Å². The minimum absolute atomic E-state index is 0.163. The highest BCUT2D eigenvalue weighted by atomic mass is 79.9. The lowest BCUT2D eigenvalue weighted by molar-refractivity contribution is 0.102. The number of alkyl halides is 1. The Bertz CT molecular complexity index is 1050. The van der Waals surface area contributed by atoms with Crippen molar-refractivity contribution in [2.75, 3.05) is 5.32 Å². The fourth-order valence-electron chi connectivity index (χ4n) is 3.47. The van der Waals surface area contributed by atoms with E-state index in [0.29, 0.717) is 17.5 Å². The van der Waals surface area contributed by atoms with Crippen molar-refractivity contribution in [1.29, 1.82) is 0 Å². The highest BCUT2D eigenvalue weighted by molar-refractivity contribution is 9.13. The molecule has 1 amide bonds. The van der Waals surface area contributed by atoms with Gasteiger partial charge in [0.25, 0.3) is 5.91 Å². The Balaban J connectivity index is 1.50. The van der Waals surface area contributed by atoms with E-state index >= 15 is 4.39 Å². The van der Waals surface area contributed by atoms with Crippen LogP contribution < -0.4 is 5.32 Å². The van der Waals surface area contributed by atoms with Crippen LogP contribution in [0.25, 0.3) is 0 Å². The Hall–Kier alpha value is -1.98. The number of hydrogen-bond donors (Lipinski definition) is 1. The second-order valence-corrected chi connectivity index (χ2v) is 8.85. The van der Waals surface area contributed by atoms with E-state index in [0.717, 1.165) is 25.8 Å². The third-order valence-electron chi connectivity index (χ3n) is 5.26. The summed E-state index contributed by atoms with van der Waals surface area (Å²) in [5.74, 6) is -0.360. The molecule has 0 bridgehead atoms. The molecule has 1 aliphatic carbocycles. The molecule has 1 N–H and O–H groups in total. The summed E-state index contributed by atoms with van der Waals surface area (Å²) in [7, 11) is 0. The third-order valence-corrected chi connectivity index (χ3v) is 7.14. The van der Waals surface area contributed by atoms with Crippen LogP contribution in [0.3, 0.4) is 0 Å². The molecule has 0 saturated heterocycles. The number of benzene rings is 3. The smallest absolute Gasteiger partial charge is 0.255 e. The molecule has 2 nitrogen and oxygen atoms in total. The second kappa shape index (κ2) is 7.45. The number of para-hydroxylation sites is 1. The van der Waals surface area contributed by atoms with E-state index < -0.39 is 5.67 Å². The summed E-state index contributed by atoms with van der Waals surface area (Å²) in [5, 5.41) is 2.90. The van der Waals surface area contributed by atoms with Gasteiger partial charge in [0.1, 0.15) is 5.67 Å². The standard InChI is InChI=1S/C23H18Br2FNO/c1-14-4-2-3-5-21(14)27-22(28)15-6-9-17(10-7-15)23(26)13-18(23)16-8-11-19(24)20(25)12-16/h2-12,18H,13H2,1H3,(H,27,28). The molecule has 1 saturated carbocycles. The first-order chi connectivity index (χ1) is 13.4. The molecule has 0 aromatic heterocycles. The lowest BCUT2D eigenvalue weighted by Crippen LogP contribution is -2.13. The monoisotopic (exact) mass is 501 g/mol. The Labute approximate surface area is 180 Å². The zero-order valence-electron chi connectivity index (χ0n) is 15.2. The maximum atomic E-state index is 15.4. The first-order valence-corrected chi connectivity index (χ1v) is 10.6. The van der Waals surface area contributed by atoms with Crippen molar-refractivity contribution in [2.24, 2.45) is 0 Å². The number of hydrogen-bond acceptors (Lipinski definition) is 1. The zero-order valence-corrected chi connectivity index (χ0v) is 18.3. The normalized spacial score (nSPS) is 20.6. The summed E-state index contributed by atoms with van der Waals surface area (Å²) in [6.07, 6.45) is 0.454. The van der Waals surface area contributed by atoms with Crippen molar-refractivity contribution >= 4 is 43.5 Å². The predicted octanol–water partition coefficient (Wildman–Crippen LogP) is 7.12. The summed E-state index contributed by atoms with van der Waals surface area (Å²) in [6.45, 7) is 1.94. The molecule has 5 heteroatoms. The molecule has 1 aliphatic rings. The van der Waals surface area contributed by atoms with Crippen LogP contribution in [0.5, 0.6) is 0 Å². The summed E-state index contributed by atoms with van der Waals surface area (Å²) in [6, 6.07) is 20.3. The number of halogens is 3. The Morgan fingerprint density at radius 2 is 1.75 bits per heavy atom. The first-order valence-electron chi connectivity index (χ1n) is 9.00. The number of rotatable bonds is 4. The number of nitrogens with one attached hydrogen (secondary N) is 1. The molecule has 2 unspecified atom stereocenters. The molecule has 2 atom stereocenters. The molecule has 0 radical (unpaired) electrons. The topological polar surface area (TPSA) is 29.1 Å². The Kier molecular flexibility index (Phi) is 5.15. The first kappa shape index (κ1) is 19.3. The van der Waals surface area contributed by atoms with Crippen LogP contribution >= 0.6 is 31.9 Å². The van der Waals surface area contributed by atoms with Gasteiger partial charge in [-0.1, -0.05) is 36.4 Å². The van der Waals surface area contributed by atoms with Crippen LogP contribution in [0.2, 0.25) is 0 Å². The minimum Gasteiger partial charge on any atom is -0.322 e. The number of anilines is 1. The molecule has 0 aliphatic heterocycles. The van der Waals surface area contributed by atoms with Gasteiger partial charge in [0.2, 0.25) is 0 Å². The van der Waals surface area contributed by atoms with Crippen LogP contribution in [0.1, 0.15) is 39.4 Å². The van der Waals surface area contributed by atoms with Crippen LogP contribution in [-0.2, 0) is 5.67 Å². The highest BCUT2D eigenvalue weighted by Gasteiger charge is 2.57. The van der Waals surface area contributed by atoms with Crippen LogP contribution in [0.15, 0.2) is 75.7 Å². The molecule has 3 aromatic carbocycles. The van der Waals surface area contributed by atoms with E-state index in [1.807, 2.05) is 49.4 Å². The van der Waals surface area contributed by atoms with Gasteiger partial charge in [0.15, 0.2) is 0 Å². The molecule has 142 valence electrons. The summed E-state index contributed by atoms with van der Waals surface area (Å²) >= 11 is 6.92. The summed E-state index contributed by atoms with van der Waals surface area (Å²) in [5.41, 5.74) is 2.50. The molecule has 0 spiro atoms. The Morgan fingerprint density at radius 3 is 2.43 bits per heavy atom. The molecule has 0 heterocycles. The molecule has 1 fully saturated rings. The number of amides is 1. The minimum atomic E-state index is -1.38. The number of carbonyl (C=O) groups is 1. The fraction of sp³-hybridized carbons (Fsp3) is 0.174. The fourth-order valence-corrected chi connectivity index (χ4v) is 4.12. The van der Waals surface area contributed by atoms with Crippen molar-refractivity contribution < 1.29 is 9.18 Å². The van der Waals surface area contributed by atoms with Gasteiger partial charge in [-0.25, -0.2) is 4.39 Å². The van der Waals surface area contributed by atoms with Crippen LogP contribution in [0.4, 0.5) is 10.1 Å². The Morgan fingerprint density at radius 1 is 1.04 bits per heavy atom. The van der Waals surface area contributed by atoms with Crippen LogP contribution in [0, 0.1) is 6.92 Å². The van der Waals surface area contributed by atoms with E-state index in [2.05, 4.69) is 37.2 Å². The van der Waals surface area contributed by atoms with E-state index in [1.165, 1.54) is 0 Å². The quantitative estimate of drug-likeness (QED) is 0.404. The SMILES string of the molecule is Cc1ccccc1NC(=O)c1ccc(C2(F)CC2c2ccc(Br)c(Br)c2)cc1. The van der Waals surface area contributed by atoms with Crippen LogP contribution in [-0.4, -0.2) is 5.91 Å². The van der Waals surface area contributed by atoms with Gasteiger partial charge in [-0.2, -0.15) is 0 Å². The van der Waals surface area contributed by atoms with Gasteiger partial charge in [-0.3, -0.25) is 4.79 Å². The maximum Gasteiger partial charge on any atom is 0.255 e. The second-order valence-electron chi connectivity index (χ2n) is 7.14. The van der Waals surface area contributed by atoms with Gasteiger partial charge < -0.3 is 5.32 Å². The molecular formula is C23H18Br2FNO. The van der Waals surface area contributed by atoms with E-state index in [-0.39, 0.29) is 11.8 Å². The van der Waals surface area contributed by atoms with Crippen molar-refractivity contribution in [3.8, 4) is 0 Å². The van der Waals surface area contributed by atoms with Crippen molar-refractivity contribution in [3.63, 3.8) is 0 Å². The van der Waals surface area contributed by atoms with E-state index in [9.17, 15) is 4.79 Å². The third kappa shape index (κ3) is 3.65. The van der Waals surface area contributed by atoms with Gasteiger partial charge in [-0.15, -0.1) is 0 Å². The molecule has 28 heavy (non-hydrogen) atoms. The highest BCUT2D eigenvalue weighted by Crippen LogP contribution is 2.61. The lowest BCUT2D eigenvalue weighted by Gasteiger charge is -2.11. The summed E-state index contributed by atoms with van der Waals surface area (Å²) in [4.78, 5) is 12.5. The van der Waals surface area contributed by atoms with Crippen molar-refractivity contribution in [1.82, 2.24) is 0 Å². The molecule has 4 rings (SSSR count). The van der Waals surface area contributed by atoms with Crippen molar-refractivity contribution in [2.45, 2.75) is 24.9 Å². The lowest BCUT2D eigenvalue weighted by atomic mass is 10.0. The van der Waals surface area contributed by atoms with E-state index in [1.54, 1.807) is 24.3 Å².